The zero-order valence-corrected chi connectivity index (χ0v) is 8.78. The number of nitrogens with two attached hydrogens (primary N) is 1. The molecule has 3 nitrogen and oxygen atoms in total. The first-order valence-electron chi connectivity index (χ1n) is 4.72. The Morgan fingerprint density at radius 1 is 1.36 bits per heavy atom. The fourth-order valence-electron chi connectivity index (χ4n) is 1.60. The number of pyridine rings is 1. The summed E-state index contributed by atoms with van der Waals surface area (Å²) in [4.78, 5) is 4.41. The van der Waals surface area contributed by atoms with Gasteiger partial charge in [0.2, 0.25) is 0 Å². The van der Waals surface area contributed by atoms with E-state index < -0.39 is 0 Å². The normalized spacial score (nSPS) is 12.2. The molecule has 0 amide bonds. The molecule has 3 heteroatoms. The summed E-state index contributed by atoms with van der Waals surface area (Å²) in [6.45, 7) is 6.43. The maximum absolute atomic E-state index is 5.85. The van der Waals surface area contributed by atoms with Gasteiger partial charge in [-0.1, -0.05) is 20.8 Å². The Morgan fingerprint density at radius 2 is 2.07 bits per heavy atom. The molecule has 0 spiro atoms. The highest BCUT2D eigenvalue weighted by atomic mass is 15.0. The Hall–Kier alpha value is -1.51. The number of rotatable bonds is 0. The monoisotopic (exact) mass is 189 g/mol. The Bertz CT molecular complexity index is 463. The minimum Gasteiger partial charge on any atom is -0.397 e. The highest BCUT2D eigenvalue weighted by Gasteiger charge is 2.19. The van der Waals surface area contributed by atoms with Gasteiger partial charge in [0.05, 0.1) is 17.4 Å². The third-order valence-electron chi connectivity index (χ3n) is 2.27. The molecule has 2 aromatic heterocycles. The summed E-state index contributed by atoms with van der Waals surface area (Å²) in [5.41, 5.74) is 7.65. The molecule has 0 aliphatic heterocycles. The minimum absolute atomic E-state index is 0.0419. The molecule has 14 heavy (non-hydrogen) atoms. The molecule has 0 saturated heterocycles. The average Bonchev–Trinajstić information content (AvgIpc) is 2.47. The molecule has 2 rings (SSSR count). The van der Waals surface area contributed by atoms with Gasteiger partial charge in [0, 0.05) is 11.6 Å². The van der Waals surface area contributed by atoms with Crippen molar-refractivity contribution in [3.8, 4) is 0 Å². The number of anilines is 1. The maximum Gasteiger partial charge on any atom is 0.118 e. The number of imidazole rings is 1. The van der Waals surface area contributed by atoms with Crippen molar-refractivity contribution >= 4 is 11.2 Å². The second-order valence-corrected chi connectivity index (χ2v) is 4.55. The summed E-state index contributed by atoms with van der Waals surface area (Å²) < 4.78 is 2.05. The number of nitrogen functional groups attached to an aromatic ring is 1. The van der Waals surface area contributed by atoms with Crippen molar-refractivity contribution in [2.75, 3.05) is 5.73 Å². The number of fused-ring (bicyclic) bond motifs is 1. The van der Waals surface area contributed by atoms with Crippen molar-refractivity contribution in [2.45, 2.75) is 26.2 Å². The van der Waals surface area contributed by atoms with Gasteiger partial charge in [-0.25, -0.2) is 4.98 Å². The maximum atomic E-state index is 5.85. The molecule has 0 aliphatic rings. The van der Waals surface area contributed by atoms with Gasteiger partial charge in [-0.15, -0.1) is 0 Å². The number of hydrogen-bond donors (Lipinski definition) is 1. The van der Waals surface area contributed by atoms with Gasteiger partial charge in [-0.3, -0.25) is 0 Å². The van der Waals surface area contributed by atoms with E-state index in [0.717, 1.165) is 17.0 Å². The molecule has 2 N–H and O–H groups in total. The van der Waals surface area contributed by atoms with E-state index in [1.54, 1.807) is 0 Å². The van der Waals surface area contributed by atoms with E-state index in [2.05, 4.69) is 30.2 Å². The van der Waals surface area contributed by atoms with Crippen LogP contribution < -0.4 is 5.73 Å². The van der Waals surface area contributed by atoms with Crippen LogP contribution in [0.15, 0.2) is 24.5 Å². The molecular formula is C11H15N3. The summed E-state index contributed by atoms with van der Waals surface area (Å²) in [5, 5.41) is 0. The molecule has 74 valence electrons. The largest absolute Gasteiger partial charge is 0.397 e. The van der Waals surface area contributed by atoms with Gasteiger partial charge in [-0.05, 0) is 12.1 Å². The van der Waals surface area contributed by atoms with Crippen molar-refractivity contribution in [2.24, 2.45) is 0 Å². The molecule has 0 aromatic carbocycles. The molecule has 0 bridgehead atoms. The first-order chi connectivity index (χ1) is 6.50. The SMILES string of the molecule is CC(C)(C)c1ncc2c(N)cccn12. The lowest BCUT2D eigenvalue weighted by atomic mass is 9.96. The highest BCUT2D eigenvalue weighted by Crippen LogP contribution is 2.23. The van der Waals surface area contributed by atoms with Crippen LogP contribution in [0.1, 0.15) is 26.6 Å². The Morgan fingerprint density at radius 3 is 2.71 bits per heavy atom. The molecule has 0 radical (unpaired) electrons. The van der Waals surface area contributed by atoms with Gasteiger partial charge >= 0.3 is 0 Å². The van der Waals surface area contributed by atoms with Crippen LogP contribution in [-0.4, -0.2) is 9.38 Å². The van der Waals surface area contributed by atoms with E-state index in [1.165, 1.54) is 0 Å². The van der Waals surface area contributed by atoms with E-state index in [4.69, 9.17) is 5.73 Å². The lowest BCUT2D eigenvalue weighted by molar-refractivity contribution is 0.543. The van der Waals surface area contributed by atoms with E-state index in [-0.39, 0.29) is 5.41 Å². The summed E-state index contributed by atoms with van der Waals surface area (Å²) in [6.07, 6.45) is 3.83. The lowest BCUT2D eigenvalue weighted by Crippen LogP contribution is -2.15. The third kappa shape index (κ3) is 1.25. The zero-order valence-electron chi connectivity index (χ0n) is 8.78. The van der Waals surface area contributed by atoms with Crippen LogP contribution in [0.25, 0.3) is 5.52 Å². The Balaban J connectivity index is 2.76. The number of hydrogen-bond acceptors (Lipinski definition) is 2. The van der Waals surface area contributed by atoms with E-state index in [0.29, 0.717) is 0 Å². The fourth-order valence-corrected chi connectivity index (χ4v) is 1.60. The second-order valence-electron chi connectivity index (χ2n) is 4.55. The van der Waals surface area contributed by atoms with Gasteiger partial charge in [0.15, 0.2) is 0 Å². The van der Waals surface area contributed by atoms with Crippen LogP contribution in [0.5, 0.6) is 0 Å². The molecule has 2 aromatic rings. The third-order valence-corrected chi connectivity index (χ3v) is 2.27. The van der Waals surface area contributed by atoms with Crippen LogP contribution in [0.4, 0.5) is 5.69 Å². The van der Waals surface area contributed by atoms with Crippen molar-refractivity contribution in [3.63, 3.8) is 0 Å². The quantitative estimate of drug-likeness (QED) is 0.690. The number of nitrogens with zero attached hydrogens (tertiary/aromatic N) is 2. The van der Waals surface area contributed by atoms with Crippen LogP contribution in [0, 0.1) is 0 Å². The molecule has 0 fully saturated rings. The molecular weight excluding hydrogens is 174 g/mol. The van der Waals surface area contributed by atoms with Crippen molar-refractivity contribution < 1.29 is 0 Å². The van der Waals surface area contributed by atoms with Gasteiger partial charge in [0.1, 0.15) is 5.82 Å². The standard InChI is InChI=1S/C11H15N3/c1-11(2,3)10-13-7-9-8(12)5-4-6-14(9)10/h4-7H,12H2,1-3H3. The lowest BCUT2D eigenvalue weighted by Gasteiger charge is -2.16. The molecule has 0 atom stereocenters. The summed E-state index contributed by atoms with van der Waals surface area (Å²) in [6, 6.07) is 3.84. The number of aromatic nitrogens is 2. The average molecular weight is 189 g/mol. The Labute approximate surface area is 83.6 Å². The summed E-state index contributed by atoms with van der Waals surface area (Å²) in [5.74, 6) is 1.04. The highest BCUT2D eigenvalue weighted by molar-refractivity contribution is 5.68. The molecule has 0 unspecified atom stereocenters. The molecule has 2 heterocycles. The first kappa shape index (κ1) is 9.06. The Kier molecular flexibility index (Phi) is 1.77. The molecule has 0 saturated carbocycles. The fraction of sp³-hybridized carbons (Fsp3) is 0.364. The zero-order chi connectivity index (χ0) is 10.3. The molecule has 0 aliphatic carbocycles. The second kappa shape index (κ2) is 2.74. The first-order valence-corrected chi connectivity index (χ1v) is 4.72. The smallest absolute Gasteiger partial charge is 0.118 e. The predicted molar refractivity (Wildman–Crippen MR) is 58.3 cm³/mol. The predicted octanol–water partition coefficient (Wildman–Crippen LogP) is 2.21. The van der Waals surface area contributed by atoms with Crippen molar-refractivity contribution in [1.29, 1.82) is 0 Å². The van der Waals surface area contributed by atoms with Crippen LogP contribution in [0.2, 0.25) is 0 Å². The minimum atomic E-state index is 0.0419. The topological polar surface area (TPSA) is 43.3 Å². The van der Waals surface area contributed by atoms with E-state index in [1.807, 2.05) is 24.5 Å². The van der Waals surface area contributed by atoms with Gasteiger partial charge in [-0.2, -0.15) is 0 Å². The van der Waals surface area contributed by atoms with E-state index >= 15 is 0 Å². The van der Waals surface area contributed by atoms with Gasteiger partial charge < -0.3 is 10.1 Å². The van der Waals surface area contributed by atoms with Crippen LogP contribution in [0.3, 0.4) is 0 Å². The van der Waals surface area contributed by atoms with Crippen molar-refractivity contribution in [3.05, 3.63) is 30.4 Å². The van der Waals surface area contributed by atoms with Crippen LogP contribution >= 0.6 is 0 Å². The van der Waals surface area contributed by atoms with Crippen LogP contribution in [-0.2, 0) is 5.41 Å². The van der Waals surface area contributed by atoms with Gasteiger partial charge in [0.25, 0.3) is 0 Å². The van der Waals surface area contributed by atoms with E-state index in [9.17, 15) is 0 Å². The summed E-state index contributed by atoms with van der Waals surface area (Å²) in [7, 11) is 0. The summed E-state index contributed by atoms with van der Waals surface area (Å²) >= 11 is 0. The van der Waals surface area contributed by atoms with Crippen molar-refractivity contribution in [1.82, 2.24) is 9.38 Å².